The van der Waals surface area contributed by atoms with Crippen LogP contribution in [0.2, 0.25) is 0 Å². The Bertz CT molecular complexity index is 487. The van der Waals surface area contributed by atoms with E-state index in [2.05, 4.69) is 30.3 Å². The topological polar surface area (TPSA) is 23.8 Å². The van der Waals surface area contributed by atoms with Gasteiger partial charge in [0.25, 0.3) is 0 Å². The lowest BCUT2D eigenvalue weighted by Gasteiger charge is -2.13. The summed E-state index contributed by atoms with van der Waals surface area (Å²) in [6.45, 7) is 0. The quantitative estimate of drug-likeness (QED) is 0.737. The van der Waals surface area contributed by atoms with Gasteiger partial charge in [0.1, 0.15) is 0 Å². The SMILES string of the molecule is N#CCC(Sc1ccccc1)c1ccccc1. The van der Waals surface area contributed by atoms with Crippen LogP contribution in [0.15, 0.2) is 65.6 Å². The average molecular weight is 239 g/mol. The van der Waals surface area contributed by atoms with Gasteiger partial charge in [-0.05, 0) is 17.7 Å². The molecule has 0 fully saturated rings. The highest BCUT2D eigenvalue weighted by molar-refractivity contribution is 7.99. The van der Waals surface area contributed by atoms with Gasteiger partial charge in [-0.3, -0.25) is 0 Å². The monoisotopic (exact) mass is 239 g/mol. The van der Waals surface area contributed by atoms with Crippen LogP contribution in [0.1, 0.15) is 17.2 Å². The molecular formula is C15H13NS. The van der Waals surface area contributed by atoms with E-state index in [1.54, 1.807) is 11.8 Å². The fraction of sp³-hybridized carbons (Fsp3) is 0.133. The highest BCUT2D eigenvalue weighted by Gasteiger charge is 2.12. The number of rotatable bonds is 4. The molecule has 1 unspecified atom stereocenters. The van der Waals surface area contributed by atoms with Gasteiger partial charge in [-0.25, -0.2) is 0 Å². The standard InChI is InChI=1S/C15H13NS/c16-12-11-15(13-7-3-1-4-8-13)17-14-9-5-2-6-10-14/h1-10,15H,11H2. The van der Waals surface area contributed by atoms with Gasteiger partial charge in [-0.2, -0.15) is 5.26 Å². The van der Waals surface area contributed by atoms with Gasteiger partial charge in [0.05, 0.1) is 12.5 Å². The van der Waals surface area contributed by atoms with Gasteiger partial charge in [-0.1, -0.05) is 48.5 Å². The van der Waals surface area contributed by atoms with Crippen LogP contribution in [0.5, 0.6) is 0 Å². The maximum Gasteiger partial charge on any atom is 0.0637 e. The molecule has 0 heterocycles. The Hall–Kier alpha value is -1.72. The molecule has 2 rings (SSSR count). The molecule has 0 N–H and O–H groups in total. The molecule has 0 aliphatic carbocycles. The van der Waals surface area contributed by atoms with E-state index < -0.39 is 0 Å². The highest BCUT2D eigenvalue weighted by atomic mass is 32.2. The molecule has 0 bridgehead atoms. The van der Waals surface area contributed by atoms with Crippen LogP contribution in [-0.2, 0) is 0 Å². The molecule has 84 valence electrons. The van der Waals surface area contributed by atoms with Crippen molar-refractivity contribution in [1.29, 1.82) is 5.26 Å². The molecule has 0 saturated carbocycles. The minimum absolute atomic E-state index is 0.212. The Morgan fingerprint density at radius 3 is 2.12 bits per heavy atom. The highest BCUT2D eigenvalue weighted by Crippen LogP contribution is 2.37. The Morgan fingerprint density at radius 2 is 1.53 bits per heavy atom. The first-order valence-electron chi connectivity index (χ1n) is 5.54. The molecule has 0 amide bonds. The van der Waals surface area contributed by atoms with Crippen molar-refractivity contribution in [2.45, 2.75) is 16.6 Å². The first-order valence-corrected chi connectivity index (χ1v) is 6.41. The van der Waals surface area contributed by atoms with E-state index >= 15 is 0 Å². The molecule has 0 aliphatic rings. The molecule has 2 heteroatoms. The first-order chi connectivity index (χ1) is 8.40. The Balaban J connectivity index is 2.17. The van der Waals surface area contributed by atoms with E-state index in [1.807, 2.05) is 36.4 Å². The van der Waals surface area contributed by atoms with E-state index in [0.29, 0.717) is 6.42 Å². The summed E-state index contributed by atoms with van der Waals surface area (Å²) in [5.41, 5.74) is 1.21. The van der Waals surface area contributed by atoms with Gasteiger partial charge in [0.2, 0.25) is 0 Å². The zero-order valence-corrected chi connectivity index (χ0v) is 10.2. The van der Waals surface area contributed by atoms with E-state index in [1.165, 1.54) is 10.5 Å². The lowest BCUT2D eigenvalue weighted by atomic mass is 10.1. The molecule has 0 aliphatic heterocycles. The lowest BCUT2D eigenvalue weighted by molar-refractivity contribution is 0.978. The summed E-state index contributed by atoms with van der Waals surface area (Å²) in [5.74, 6) is 0. The van der Waals surface area contributed by atoms with Crippen LogP contribution in [0.3, 0.4) is 0 Å². The normalized spacial score (nSPS) is 11.7. The first kappa shape index (κ1) is 11.8. The van der Waals surface area contributed by atoms with Gasteiger partial charge in [0.15, 0.2) is 0 Å². The predicted molar refractivity (Wildman–Crippen MR) is 71.7 cm³/mol. The van der Waals surface area contributed by atoms with Crippen LogP contribution in [0, 0.1) is 11.3 Å². The number of nitrogens with zero attached hydrogens (tertiary/aromatic N) is 1. The average Bonchev–Trinajstić information content (AvgIpc) is 2.40. The smallest absolute Gasteiger partial charge is 0.0637 e. The van der Waals surface area contributed by atoms with Crippen molar-refractivity contribution in [2.24, 2.45) is 0 Å². The summed E-state index contributed by atoms with van der Waals surface area (Å²) in [7, 11) is 0. The maximum absolute atomic E-state index is 8.91. The third-order valence-electron chi connectivity index (χ3n) is 2.47. The zero-order valence-electron chi connectivity index (χ0n) is 9.41. The number of hydrogen-bond acceptors (Lipinski definition) is 2. The second kappa shape index (κ2) is 6.12. The zero-order chi connectivity index (χ0) is 11.9. The van der Waals surface area contributed by atoms with Crippen LogP contribution in [0.4, 0.5) is 0 Å². The molecule has 0 spiro atoms. The summed E-state index contributed by atoms with van der Waals surface area (Å²) in [6, 6.07) is 22.7. The molecule has 0 saturated heterocycles. The van der Waals surface area contributed by atoms with E-state index in [-0.39, 0.29) is 5.25 Å². The number of benzene rings is 2. The largest absolute Gasteiger partial charge is 0.198 e. The van der Waals surface area contributed by atoms with Gasteiger partial charge in [0, 0.05) is 10.1 Å². The molecule has 1 nitrogen and oxygen atoms in total. The Labute approximate surface area is 106 Å². The molecule has 0 radical (unpaired) electrons. The van der Waals surface area contributed by atoms with Gasteiger partial charge >= 0.3 is 0 Å². The minimum atomic E-state index is 0.212. The van der Waals surface area contributed by atoms with Crippen molar-refractivity contribution in [3.05, 3.63) is 66.2 Å². The molecule has 2 aromatic carbocycles. The summed E-state index contributed by atoms with van der Waals surface area (Å²) in [6.07, 6.45) is 0.531. The van der Waals surface area contributed by atoms with Crippen LogP contribution in [-0.4, -0.2) is 0 Å². The molecule has 0 aromatic heterocycles. The van der Waals surface area contributed by atoms with E-state index in [0.717, 1.165) is 0 Å². The van der Waals surface area contributed by atoms with E-state index in [9.17, 15) is 0 Å². The van der Waals surface area contributed by atoms with Crippen molar-refractivity contribution in [3.63, 3.8) is 0 Å². The third-order valence-corrected chi connectivity index (χ3v) is 3.74. The Morgan fingerprint density at radius 1 is 0.941 bits per heavy atom. The van der Waals surface area contributed by atoms with Gasteiger partial charge in [-0.15, -0.1) is 11.8 Å². The molecule has 2 aromatic rings. The number of thioether (sulfide) groups is 1. The maximum atomic E-state index is 8.91. The van der Waals surface area contributed by atoms with Crippen molar-refractivity contribution < 1.29 is 0 Å². The predicted octanol–water partition coefficient (Wildman–Crippen LogP) is 4.43. The molecule has 1 atom stereocenters. The van der Waals surface area contributed by atoms with Crippen LogP contribution in [0.25, 0.3) is 0 Å². The van der Waals surface area contributed by atoms with Crippen LogP contribution >= 0.6 is 11.8 Å². The molecular weight excluding hydrogens is 226 g/mol. The fourth-order valence-electron chi connectivity index (χ4n) is 1.64. The van der Waals surface area contributed by atoms with Crippen molar-refractivity contribution in [2.75, 3.05) is 0 Å². The van der Waals surface area contributed by atoms with Crippen molar-refractivity contribution >= 4 is 11.8 Å². The number of nitriles is 1. The second-order valence-corrected chi connectivity index (χ2v) is 4.97. The number of hydrogen-bond donors (Lipinski definition) is 0. The summed E-state index contributed by atoms with van der Waals surface area (Å²) in [4.78, 5) is 1.21. The van der Waals surface area contributed by atoms with Crippen molar-refractivity contribution in [1.82, 2.24) is 0 Å². The molecule has 17 heavy (non-hydrogen) atoms. The third kappa shape index (κ3) is 3.37. The second-order valence-electron chi connectivity index (χ2n) is 3.69. The summed E-state index contributed by atoms with van der Waals surface area (Å²) < 4.78 is 0. The van der Waals surface area contributed by atoms with E-state index in [4.69, 9.17) is 5.26 Å². The lowest BCUT2D eigenvalue weighted by Crippen LogP contribution is -1.92. The summed E-state index contributed by atoms with van der Waals surface area (Å²) in [5, 5.41) is 9.12. The van der Waals surface area contributed by atoms with Gasteiger partial charge < -0.3 is 0 Å². The van der Waals surface area contributed by atoms with Crippen LogP contribution < -0.4 is 0 Å². The fourth-order valence-corrected chi connectivity index (χ4v) is 2.74. The Kier molecular flexibility index (Phi) is 4.23. The summed E-state index contributed by atoms with van der Waals surface area (Å²) >= 11 is 1.74. The minimum Gasteiger partial charge on any atom is -0.198 e. The van der Waals surface area contributed by atoms with Crippen molar-refractivity contribution in [3.8, 4) is 6.07 Å².